The first kappa shape index (κ1) is 13.6. The molecule has 0 radical (unpaired) electrons. The van der Waals surface area contributed by atoms with Gasteiger partial charge in [0.1, 0.15) is 0 Å². The van der Waals surface area contributed by atoms with E-state index in [1.807, 2.05) is 12.1 Å². The van der Waals surface area contributed by atoms with Crippen LogP contribution in [0.3, 0.4) is 0 Å². The first-order chi connectivity index (χ1) is 10.4. The Labute approximate surface area is 125 Å². The molecule has 21 heavy (non-hydrogen) atoms. The predicted molar refractivity (Wildman–Crippen MR) is 90.6 cm³/mol. The summed E-state index contributed by atoms with van der Waals surface area (Å²) in [5.74, 6) is 0. The Bertz CT molecular complexity index is 720. The molecule has 0 saturated heterocycles. The minimum atomic E-state index is 0.999. The van der Waals surface area contributed by atoms with Crippen molar-refractivity contribution in [1.29, 1.82) is 0 Å². The van der Waals surface area contributed by atoms with Crippen molar-refractivity contribution in [3.8, 4) is 11.3 Å². The number of hydrogen-bond acceptors (Lipinski definition) is 2. The molecule has 0 spiro atoms. The molecule has 3 aromatic rings. The second-order valence-corrected chi connectivity index (χ2v) is 5.22. The highest BCUT2D eigenvalue weighted by molar-refractivity contribution is 5.93. The molecule has 0 aliphatic rings. The third-order valence-corrected chi connectivity index (χ3v) is 3.63. The van der Waals surface area contributed by atoms with Gasteiger partial charge in [0, 0.05) is 23.2 Å². The van der Waals surface area contributed by atoms with Crippen LogP contribution in [0.15, 0.2) is 60.7 Å². The SMILES string of the molecule is CCCCNc1cc(-c2ccccc2)nc2ccccc12. The number of nitrogens with one attached hydrogen (secondary N) is 1. The number of anilines is 1. The highest BCUT2D eigenvalue weighted by Crippen LogP contribution is 2.28. The van der Waals surface area contributed by atoms with Crippen molar-refractivity contribution in [2.24, 2.45) is 0 Å². The van der Waals surface area contributed by atoms with Gasteiger partial charge in [0.15, 0.2) is 0 Å². The van der Waals surface area contributed by atoms with Crippen LogP contribution in [0.4, 0.5) is 5.69 Å². The molecule has 0 fully saturated rings. The van der Waals surface area contributed by atoms with E-state index < -0.39 is 0 Å². The molecule has 0 amide bonds. The third kappa shape index (κ3) is 3.05. The van der Waals surface area contributed by atoms with E-state index in [1.54, 1.807) is 0 Å². The van der Waals surface area contributed by atoms with Gasteiger partial charge in [0.25, 0.3) is 0 Å². The number of nitrogens with zero attached hydrogens (tertiary/aromatic N) is 1. The van der Waals surface area contributed by atoms with Crippen molar-refractivity contribution < 1.29 is 0 Å². The fourth-order valence-electron chi connectivity index (χ4n) is 2.48. The first-order valence-electron chi connectivity index (χ1n) is 7.57. The second kappa shape index (κ2) is 6.40. The van der Waals surface area contributed by atoms with Gasteiger partial charge in [-0.3, -0.25) is 0 Å². The van der Waals surface area contributed by atoms with Gasteiger partial charge in [0.2, 0.25) is 0 Å². The number of hydrogen-bond donors (Lipinski definition) is 1. The summed E-state index contributed by atoms with van der Waals surface area (Å²) in [6, 6.07) is 20.8. The minimum Gasteiger partial charge on any atom is -0.384 e. The van der Waals surface area contributed by atoms with Crippen LogP contribution in [0, 0.1) is 0 Å². The van der Waals surface area contributed by atoms with Crippen LogP contribution < -0.4 is 5.32 Å². The van der Waals surface area contributed by atoms with E-state index in [0.29, 0.717) is 0 Å². The van der Waals surface area contributed by atoms with Gasteiger partial charge in [-0.2, -0.15) is 0 Å². The quantitative estimate of drug-likeness (QED) is 0.655. The van der Waals surface area contributed by atoms with Crippen LogP contribution in [-0.2, 0) is 0 Å². The maximum absolute atomic E-state index is 4.79. The van der Waals surface area contributed by atoms with Gasteiger partial charge >= 0.3 is 0 Å². The maximum atomic E-state index is 4.79. The van der Waals surface area contributed by atoms with E-state index in [9.17, 15) is 0 Å². The molecule has 1 aromatic heterocycles. The molecule has 1 heterocycles. The molecule has 1 N–H and O–H groups in total. The smallest absolute Gasteiger partial charge is 0.0730 e. The van der Waals surface area contributed by atoms with Gasteiger partial charge in [-0.15, -0.1) is 0 Å². The molecule has 0 saturated carbocycles. The maximum Gasteiger partial charge on any atom is 0.0730 e. The van der Waals surface area contributed by atoms with Crippen LogP contribution >= 0.6 is 0 Å². The summed E-state index contributed by atoms with van der Waals surface area (Å²) in [7, 11) is 0. The summed E-state index contributed by atoms with van der Waals surface area (Å²) in [6.45, 7) is 3.21. The van der Waals surface area contributed by atoms with E-state index >= 15 is 0 Å². The normalized spacial score (nSPS) is 10.7. The number of fused-ring (bicyclic) bond motifs is 1. The standard InChI is InChI=1S/C19H20N2/c1-2-3-13-20-19-14-18(15-9-5-4-6-10-15)21-17-12-8-7-11-16(17)19/h4-12,14H,2-3,13H2,1H3,(H,20,21). The molecule has 106 valence electrons. The lowest BCUT2D eigenvalue weighted by atomic mass is 10.1. The Hall–Kier alpha value is -2.35. The van der Waals surface area contributed by atoms with Gasteiger partial charge in [-0.1, -0.05) is 61.9 Å². The van der Waals surface area contributed by atoms with Crippen molar-refractivity contribution in [2.45, 2.75) is 19.8 Å². The lowest BCUT2D eigenvalue weighted by Crippen LogP contribution is -2.02. The summed E-state index contributed by atoms with van der Waals surface area (Å²) in [6.07, 6.45) is 2.37. The van der Waals surface area contributed by atoms with E-state index in [4.69, 9.17) is 4.98 Å². The Kier molecular flexibility index (Phi) is 4.15. The van der Waals surface area contributed by atoms with Crippen molar-refractivity contribution >= 4 is 16.6 Å². The second-order valence-electron chi connectivity index (χ2n) is 5.22. The Morgan fingerprint density at radius 3 is 2.52 bits per heavy atom. The average molecular weight is 276 g/mol. The van der Waals surface area contributed by atoms with Crippen LogP contribution in [0.1, 0.15) is 19.8 Å². The molecular formula is C19H20N2. The van der Waals surface area contributed by atoms with Gasteiger partial charge in [-0.25, -0.2) is 4.98 Å². The molecule has 0 bridgehead atoms. The number of unbranched alkanes of at least 4 members (excludes halogenated alkanes) is 1. The Morgan fingerprint density at radius 1 is 0.952 bits per heavy atom. The summed E-state index contributed by atoms with van der Waals surface area (Å²) in [5.41, 5.74) is 4.39. The largest absolute Gasteiger partial charge is 0.384 e. The number of para-hydroxylation sites is 1. The average Bonchev–Trinajstić information content (AvgIpc) is 2.55. The summed E-state index contributed by atoms with van der Waals surface area (Å²) >= 11 is 0. The third-order valence-electron chi connectivity index (χ3n) is 3.63. The van der Waals surface area contributed by atoms with Crippen molar-refractivity contribution in [2.75, 3.05) is 11.9 Å². The van der Waals surface area contributed by atoms with E-state index in [-0.39, 0.29) is 0 Å². The van der Waals surface area contributed by atoms with Crippen LogP contribution in [0.25, 0.3) is 22.2 Å². The van der Waals surface area contributed by atoms with E-state index in [2.05, 4.69) is 60.8 Å². The topological polar surface area (TPSA) is 24.9 Å². The number of benzene rings is 2. The highest BCUT2D eigenvalue weighted by Gasteiger charge is 2.06. The van der Waals surface area contributed by atoms with E-state index in [1.165, 1.54) is 23.9 Å². The van der Waals surface area contributed by atoms with Gasteiger partial charge < -0.3 is 5.32 Å². The Morgan fingerprint density at radius 2 is 1.71 bits per heavy atom. The summed E-state index contributed by atoms with van der Waals surface area (Å²) in [5, 5.41) is 4.75. The van der Waals surface area contributed by atoms with Crippen LogP contribution in [-0.4, -0.2) is 11.5 Å². The lowest BCUT2D eigenvalue weighted by molar-refractivity contribution is 0.835. The number of rotatable bonds is 5. The fraction of sp³-hybridized carbons (Fsp3) is 0.211. The minimum absolute atomic E-state index is 0.999. The highest BCUT2D eigenvalue weighted by atomic mass is 14.9. The molecule has 0 unspecified atom stereocenters. The van der Waals surface area contributed by atoms with E-state index in [0.717, 1.165) is 23.3 Å². The van der Waals surface area contributed by atoms with Crippen molar-refractivity contribution in [1.82, 2.24) is 4.98 Å². The zero-order valence-corrected chi connectivity index (χ0v) is 12.3. The molecule has 0 aliphatic heterocycles. The molecule has 2 aromatic carbocycles. The molecule has 2 heteroatoms. The van der Waals surface area contributed by atoms with Crippen LogP contribution in [0.2, 0.25) is 0 Å². The monoisotopic (exact) mass is 276 g/mol. The number of aromatic nitrogens is 1. The zero-order chi connectivity index (χ0) is 14.5. The van der Waals surface area contributed by atoms with Crippen molar-refractivity contribution in [3.63, 3.8) is 0 Å². The Balaban J connectivity index is 2.06. The molecule has 0 aliphatic carbocycles. The zero-order valence-electron chi connectivity index (χ0n) is 12.3. The molecule has 3 rings (SSSR count). The predicted octanol–water partition coefficient (Wildman–Crippen LogP) is 5.11. The van der Waals surface area contributed by atoms with Crippen molar-refractivity contribution in [3.05, 3.63) is 60.7 Å². The fourth-order valence-corrected chi connectivity index (χ4v) is 2.48. The van der Waals surface area contributed by atoms with Crippen LogP contribution in [0.5, 0.6) is 0 Å². The molecule has 0 atom stereocenters. The molecule has 2 nitrogen and oxygen atoms in total. The number of pyridine rings is 1. The van der Waals surface area contributed by atoms with Gasteiger partial charge in [-0.05, 0) is 18.6 Å². The summed E-state index contributed by atoms with van der Waals surface area (Å²) < 4.78 is 0. The molecular weight excluding hydrogens is 256 g/mol. The van der Waals surface area contributed by atoms with Gasteiger partial charge in [0.05, 0.1) is 11.2 Å². The lowest BCUT2D eigenvalue weighted by Gasteiger charge is -2.12. The first-order valence-corrected chi connectivity index (χ1v) is 7.57. The summed E-state index contributed by atoms with van der Waals surface area (Å²) in [4.78, 5) is 4.79.